The molecule has 162 valence electrons. The highest BCUT2D eigenvalue weighted by molar-refractivity contribution is 14.1. The number of nitrogens with zero attached hydrogens (tertiary/aromatic N) is 2. The summed E-state index contributed by atoms with van der Waals surface area (Å²) in [5.74, 6) is -0.123. The van der Waals surface area contributed by atoms with Crippen LogP contribution in [-0.2, 0) is 20.7 Å². The summed E-state index contributed by atoms with van der Waals surface area (Å²) in [7, 11) is 1.46. The van der Waals surface area contributed by atoms with Crippen LogP contribution in [0.4, 0.5) is 0 Å². The highest BCUT2D eigenvalue weighted by atomic mass is 127. The van der Waals surface area contributed by atoms with Gasteiger partial charge in [0.1, 0.15) is 10.7 Å². The first-order valence-electron chi connectivity index (χ1n) is 9.07. The molecule has 30 heavy (non-hydrogen) atoms. The molecule has 0 saturated carbocycles. The van der Waals surface area contributed by atoms with Crippen molar-refractivity contribution >= 4 is 52.4 Å². The number of hydrogen-bond donors (Lipinski definition) is 2. The number of methoxy groups -OCH3 is 1. The fourth-order valence-corrected chi connectivity index (χ4v) is 3.86. The van der Waals surface area contributed by atoms with E-state index in [0.29, 0.717) is 31.6 Å². The van der Waals surface area contributed by atoms with Gasteiger partial charge in [0.15, 0.2) is 18.1 Å². The van der Waals surface area contributed by atoms with Crippen LogP contribution in [0, 0.1) is 3.57 Å². The van der Waals surface area contributed by atoms with E-state index in [-0.39, 0.29) is 18.1 Å². The summed E-state index contributed by atoms with van der Waals surface area (Å²) < 4.78 is 16.4. The molecule has 9 nitrogen and oxygen atoms in total. The van der Waals surface area contributed by atoms with E-state index in [1.54, 1.807) is 19.1 Å². The van der Waals surface area contributed by atoms with Crippen LogP contribution < -0.4 is 9.47 Å². The minimum atomic E-state index is -1.10. The quantitative estimate of drug-likeness (QED) is 0.188. The van der Waals surface area contributed by atoms with Gasteiger partial charge in [-0.3, -0.25) is 5.10 Å². The Labute approximate surface area is 191 Å². The van der Waals surface area contributed by atoms with Crippen molar-refractivity contribution < 1.29 is 28.9 Å². The lowest BCUT2D eigenvalue weighted by Gasteiger charge is -2.13. The lowest BCUT2D eigenvalue weighted by atomic mass is 10.2. The maximum Gasteiger partial charge on any atom is 0.344 e. The fraction of sp³-hybridized carbons (Fsp3) is 0.368. The number of nitrogens with one attached hydrogen (secondary N) is 1. The lowest BCUT2D eigenvalue weighted by molar-refractivity contribution is -0.145. The number of aromatic amines is 1. The van der Waals surface area contributed by atoms with Crippen LogP contribution in [0.5, 0.6) is 11.5 Å². The van der Waals surface area contributed by atoms with Gasteiger partial charge in [-0.15, -0.1) is 5.10 Å². The SMILES string of the molecule is CCCc1nc(S/C(=C\c2cc(I)c(OCC(=O)OCC)c(OC)c2)C(=O)O)n[nH]1. The number of carboxylic acids is 1. The van der Waals surface area contributed by atoms with Crippen LogP contribution in [0.1, 0.15) is 31.7 Å². The van der Waals surface area contributed by atoms with E-state index in [1.807, 2.05) is 29.5 Å². The average molecular weight is 547 g/mol. The molecule has 2 aromatic rings. The van der Waals surface area contributed by atoms with Crippen LogP contribution in [0.3, 0.4) is 0 Å². The van der Waals surface area contributed by atoms with Crippen molar-refractivity contribution in [2.24, 2.45) is 0 Å². The molecular formula is C19H22IN3O6S. The van der Waals surface area contributed by atoms with Gasteiger partial charge in [-0.2, -0.15) is 0 Å². The Kier molecular flexibility index (Phi) is 9.43. The zero-order valence-electron chi connectivity index (χ0n) is 16.7. The summed E-state index contributed by atoms with van der Waals surface area (Å²) in [6, 6.07) is 3.36. The molecule has 1 heterocycles. The standard InChI is InChI=1S/C19H22IN3O6S/c1-4-6-15-21-19(23-22-15)30-14(18(25)26)9-11-7-12(20)17(13(8-11)27-3)29-10-16(24)28-5-2/h7-9H,4-6,10H2,1-3H3,(H,25,26)(H,21,22,23)/b14-9-. The van der Waals surface area contributed by atoms with Crippen molar-refractivity contribution in [2.75, 3.05) is 20.3 Å². The van der Waals surface area contributed by atoms with Crippen LogP contribution >= 0.6 is 34.4 Å². The predicted molar refractivity (Wildman–Crippen MR) is 120 cm³/mol. The molecule has 2 rings (SSSR count). The number of benzene rings is 1. The Morgan fingerprint density at radius 1 is 1.33 bits per heavy atom. The number of rotatable bonds is 11. The number of thioether (sulfide) groups is 1. The number of aliphatic carboxylic acids is 1. The number of ether oxygens (including phenoxy) is 3. The van der Waals surface area contributed by atoms with E-state index in [0.717, 1.165) is 24.6 Å². The first-order valence-corrected chi connectivity index (χ1v) is 11.0. The summed E-state index contributed by atoms with van der Waals surface area (Å²) >= 11 is 2.99. The third-order valence-corrected chi connectivity index (χ3v) is 5.28. The van der Waals surface area contributed by atoms with Gasteiger partial charge in [-0.25, -0.2) is 14.6 Å². The molecule has 1 aromatic heterocycles. The monoisotopic (exact) mass is 547 g/mol. The van der Waals surface area contributed by atoms with E-state index in [4.69, 9.17) is 14.2 Å². The molecule has 0 fully saturated rings. The normalized spacial score (nSPS) is 11.3. The number of aryl methyl sites for hydroxylation is 1. The molecule has 0 bridgehead atoms. The number of aromatic nitrogens is 3. The molecular weight excluding hydrogens is 525 g/mol. The van der Waals surface area contributed by atoms with E-state index in [9.17, 15) is 14.7 Å². The average Bonchev–Trinajstić information content (AvgIpc) is 3.13. The number of H-pyrrole nitrogens is 1. The smallest absolute Gasteiger partial charge is 0.344 e. The molecule has 0 radical (unpaired) electrons. The van der Waals surface area contributed by atoms with Crippen LogP contribution in [-0.4, -0.2) is 52.6 Å². The summed E-state index contributed by atoms with van der Waals surface area (Å²) in [4.78, 5) is 27.6. The maximum atomic E-state index is 11.7. The Morgan fingerprint density at radius 2 is 2.10 bits per heavy atom. The van der Waals surface area contributed by atoms with Gasteiger partial charge < -0.3 is 19.3 Å². The lowest BCUT2D eigenvalue weighted by Crippen LogP contribution is -2.15. The second kappa shape index (κ2) is 11.8. The van der Waals surface area contributed by atoms with Crippen LogP contribution in [0.2, 0.25) is 0 Å². The second-order valence-electron chi connectivity index (χ2n) is 5.86. The summed E-state index contributed by atoms with van der Waals surface area (Å²) in [5.41, 5.74) is 0.592. The minimum Gasteiger partial charge on any atom is -0.493 e. The number of carbonyl (C=O) groups excluding carboxylic acids is 1. The number of carboxylic acid groups (broad SMARTS) is 1. The first kappa shape index (κ1) is 24.0. The highest BCUT2D eigenvalue weighted by Crippen LogP contribution is 2.35. The maximum absolute atomic E-state index is 11.7. The molecule has 11 heteroatoms. The van der Waals surface area contributed by atoms with E-state index in [2.05, 4.69) is 15.2 Å². The fourth-order valence-electron chi connectivity index (χ4n) is 2.35. The third kappa shape index (κ3) is 6.90. The number of halogens is 1. The van der Waals surface area contributed by atoms with Crippen molar-refractivity contribution in [3.63, 3.8) is 0 Å². The third-order valence-electron chi connectivity index (χ3n) is 3.60. The highest BCUT2D eigenvalue weighted by Gasteiger charge is 2.17. The van der Waals surface area contributed by atoms with Gasteiger partial charge in [0.05, 0.1) is 17.3 Å². The summed E-state index contributed by atoms with van der Waals surface area (Å²) in [5, 5.41) is 16.8. The zero-order valence-corrected chi connectivity index (χ0v) is 19.7. The van der Waals surface area contributed by atoms with Crippen LogP contribution in [0.15, 0.2) is 22.2 Å². The van der Waals surface area contributed by atoms with Gasteiger partial charge in [-0.1, -0.05) is 6.92 Å². The Bertz CT molecular complexity index is 931. The van der Waals surface area contributed by atoms with Crippen molar-refractivity contribution in [1.82, 2.24) is 15.2 Å². The van der Waals surface area contributed by atoms with Crippen molar-refractivity contribution in [1.29, 1.82) is 0 Å². The van der Waals surface area contributed by atoms with E-state index in [1.165, 1.54) is 13.2 Å². The van der Waals surface area contributed by atoms with Crippen LogP contribution in [0.25, 0.3) is 6.08 Å². The van der Waals surface area contributed by atoms with E-state index < -0.39 is 11.9 Å². The van der Waals surface area contributed by atoms with E-state index >= 15 is 0 Å². The second-order valence-corrected chi connectivity index (χ2v) is 8.03. The molecule has 0 saturated heterocycles. The molecule has 0 amide bonds. The molecule has 0 aliphatic rings. The molecule has 0 aliphatic heterocycles. The summed E-state index contributed by atoms with van der Waals surface area (Å²) in [6.07, 6.45) is 3.15. The topological polar surface area (TPSA) is 124 Å². The Balaban J connectivity index is 2.26. The molecule has 1 aromatic carbocycles. The molecule has 0 aliphatic carbocycles. The predicted octanol–water partition coefficient (Wildman–Crippen LogP) is 3.53. The largest absolute Gasteiger partial charge is 0.493 e. The number of esters is 1. The number of carbonyl (C=O) groups is 2. The number of hydrogen-bond acceptors (Lipinski definition) is 8. The van der Waals surface area contributed by atoms with Gasteiger partial charge >= 0.3 is 11.9 Å². The first-order chi connectivity index (χ1) is 14.4. The van der Waals surface area contributed by atoms with Gasteiger partial charge in [0.25, 0.3) is 0 Å². The molecule has 2 N–H and O–H groups in total. The van der Waals surface area contributed by atoms with Crippen molar-refractivity contribution in [2.45, 2.75) is 31.8 Å². The Hall–Kier alpha value is -2.28. The van der Waals surface area contributed by atoms with Gasteiger partial charge in [0, 0.05) is 6.42 Å². The molecule has 0 spiro atoms. The summed E-state index contributed by atoms with van der Waals surface area (Å²) in [6.45, 7) is 3.74. The molecule has 0 unspecified atom stereocenters. The van der Waals surface area contributed by atoms with Gasteiger partial charge in [0.2, 0.25) is 5.16 Å². The minimum absolute atomic E-state index is 0.0510. The zero-order chi connectivity index (χ0) is 22.1. The van der Waals surface area contributed by atoms with Crippen molar-refractivity contribution in [3.05, 3.63) is 32.0 Å². The Morgan fingerprint density at radius 3 is 2.73 bits per heavy atom. The van der Waals surface area contributed by atoms with Crippen molar-refractivity contribution in [3.8, 4) is 11.5 Å². The molecule has 0 atom stereocenters. The van der Waals surface area contributed by atoms with Gasteiger partial charge in [-0.05, 0) is 71.5 Å².